The molecular formula is C12H9NO2. The lowest BCUT2D eigenvalue weighted by Crippen LogP contribution is -1.78. The lowest BCUT2D eigenvalue weighted by Gasteiger charge is -1.95. The number of aliphatic hydroxyl groups is 1. The highest BCUT2D eigenvalue weighted by Crippen LogP contribution is 2.18. The maximum atomic E-state index is 8.54. The van der Waals surface area contributed by atoms with Gasteiger partial charge in [-0.05, 0) is 24.3 Å². The number of rotatable bonds is 1. The molecule has 3 heteroatoms. The lowest BCUT2D eigenvalue weighted by atomic mass is 10.1. The second kappa shape index (κ2) is 4.45. The van der Waals surface area contributed by atoms with Crippen LogP contribution in [-0.2, 0) is 0 Å². The van der Waals surface area contributed by atoms with E-state index >= 15 is 0 Å². The van der Waals surface area contributed by atoms with Gasteiger partial charge in [0.1, 0.15) is 6.61 Å². The van der Waals surface area contributed by atoms with E-state index in [9.17, 15) is 0 Å². The van der Waals surface area contributed by atoms with Crippen molar-refractivity contribution in [3.05, 3.63) is 42.4 Å². The molecule has 0 aliphatic carbocycles. The third-order valence-corrected chi connectivity index (χ3v) is 1.91. The van der Waals surface area contributed by atoms with Crippen molar-refractivity contribution in [3.63, 3.8) is 0 Å². The van der Waals surface area contributed by atoms with Gasteiger partial charge in [-0.1, -0.05) is 11.8 Å². The van der Waals surface area contributed by atoms with Gasteiger partial charge < -0.3 is 9.52 Å². The van der Waals surface area contributed by atoms with E-state index in [2.05, 4.69) is 16.8 Å². The molecule has 0 aliphatic rings. The first kappa shape index (κ1) is 9.50. The van der Waals surface area contributed by atoms with E-state index < -0.39 is 0 Å². The molecule has 2 rings (SSSR count). The Balaban J connectivity index is 2.25. The fraction of sp³-hybridized carbons (Fsp3) is 0.0833. The van der Waals surface area contributed by atoms with Crippen LogP contribution in [0.2, 0.25) is 0 Å². The van der Waals surface area contributed by atoms with Crippen LogP contribution in [0.3, 0.4) is 0 Å². The topological polar surface area (TPSA) is 46.3 Å². The van der Waals surface area contributed by atoms with Crippen LogP contribution in [0.1, 0.15) is 5.56 Å². The molecule has 1 aromatic carbocycles. The number of benzene rings is 1. The molecule has 0 saturated heterocycles. The Kier molecular flexibility index (Phi) is 2.82. The summed E-state index contributed by atoms with van der Waals surface area (Å²) in [6, 6.07) is 7.56. The molecule has 0 unspecified atom stereocenters. The third kappa shape index (κ3) is 2.25. The summed E-state index contributed by atoms with van der Waals surface area (Å²) in [5, 5.41) is 8.54. The Hall–Kier alpha value is -2.05. The average molecular weight is 199 g/mol. The van der Waals surface area contributed by atoms with Crippen molar-refractivity contribution in [2.24, 2.45) is 0 Å². The van der Waals surface area contributed by atoms with E-state index in [1.807, 2.05) is 24.3 Å². The van der Waals surface area contributed by atoms with Gasteiger partial charge in [-0.15, -0.1) is 0 Å². The first-order chi connectivity index (χ1) is 7.40. The van der Waals surface area contributed by atoms with Crippen LogP contribution in [-0.4, -0.2) is 16.7 Å². The summed E-state index contributed by atoms with van der Waals surface area (Å²) in [4.78, 5) is 3.84. The van der Waals surface area contributed by atoms with E-state index in [1.54, 1.807) is 6.20 Å². The summed E-state index contributed by atoms with van der Waals surface area (Å²) in [5.41, 5.74) is 1.83. The van der Waals surface area contributed by atoms with Crippen LogP contribution >= 0.6 is 0 Å². The maximum absolute atomic E-state index is 8.54. The summed E-state index contributed by atoms with van der Waals surface area (Å²) in [7, 11) is 0. The Morgan fingerprint density at radius 1 is 1.27 bits per heavy atom. The smallest absolute Gasteiger partial charge is 0.181 e. The summed E-state index contributed by atoms with van der Waals surface area (Å²) in [6.45, 7) is -0.121. The van der Waals surface area contributed by atoms with Gasteiger partial charge in [0.15, 0.2) is 12.2 Å². The Morgan fingerprint density at radius 2 is 2.07 bits per heavy atom. The SMILES string of the molecule is OCC#Cc1ccc(-c2cnco2)cc1. The largest absolute Gasteiger partial charge is 0.444 e. The standard InChI is InChI=1S/C12H9NO2/c14-7-1-2-10-3-5-11(6-4-10)12-8-13-9-15-12/h3-6,8-9,14H,7H2. The van der Waals surface area contributed by atoms with Crippen LogP contribution in [0.15, 0.2) is 41.3 Å². The van der Waals surface area contributed by atoms with E-state index in [0.29, 0.717) is 0 Å². The zero-order chi connectivity index (χ0) is 10.5. The van der Waals surface area contributed by atoms with Gasteiger partial charge in [0, 0.05) is 11.1 Å². The predicted molar refractivity (Wildman–Crippen MR) is 55.9 cm³/mol. The van der Waals surface area contributed by atoms with E-state index in [0.717, 1.165) is 16.9 Å². The summed E-state index contributed by atoms with van der Waals surface area (Å²) in [6.07, 6.45) is 3.06. The highest BCUT2D eigenvalue weighted by Gasteiger charge is 1.99. The minimum Gasteiger partial charge on any atom is -0.444 e. The molecule has 2 aromatic rings. The zero-order valence-corrected chi connectivity index (χ0v) is 7.97. The van der Waals surface area contributed by atoms with Crippen molar-refractivity contribution in [1.29, 1.82) is 0 Å². The van der Waals surface area contributed by atoms with Gasteiger partial charge >= 0.3 is 0 Å². The Labute approximate surface area is 87.4 Å². The van der Waals surface area contributed by atoms with Crippen LogP contribution < -0.4 is 0 Å². The molecule has 0 aliphatic heterocycles. The fourth-order valence-corrected chi connectivity index (χ4v) is 1.22. The highest BCUT2D eigenvalue weighted by molar-refractivity contribution is 5.57. The molecule has 1 heterocycles. The van der Waals surface area contributed by atoms with E-state index in [-0.39, 0.29) is 6.61 Å². The minimum atomic E-state index is -0.121. The number of hydrogen-bond acceptors (Lipinski definition) is 3. The van der Waals surface area contributed by atoms with Gasteiger partial charge in [-0.25, -0.2) is 4.98 Å². The number of oxazole rings is 1. The average Bonchev–Trinajstić information content (AvgIpc) is 2.80. The zero-order valence-electron chi connectivity index (χ0n) is 7.97. The Bertz CT molecular complexity index is 475. The van der Waals surface area contributed by atoms with Crippen molar-refractivity contribution in [2.45, 2.75) is 0 Å². The molecule has 0 radical (unpaired) electrons. The molecule has 74 valence electrons. The van der Waals surface area contributed by atoms with E-state index in [1.165, 1.54) is 6.39 Å². The van der Waals surface area contributed by atoms with Crippen LogP contribution in [0.5, 0.6) is 0 Å². The van der Waals surface area contributed by atoms with Gasteiger partial charge in [-0.3, -0.25) is 0 Å². The van der Waals surface area contributed by atoms with Crippen molar-refractivity contribution in [1.82, 2.24) is 4.98 Å². The third-order valence-electron chi connectivity index (χ3n) is 1.91. The second-order valence-corrected chi connectivity index (χ2v) is 2.90. The molecule has 0 spiro atoms. The quantitative estimate of drug-likeness (QED) is 0.711. The second-order valence-electron chi connectivity index (χ2n) is 2.90. The molecule has 0 atom stereocenters. The molecule has 3 nitrogen and oxygen atoms in total. The van der Waals surface area contributed by atoms with Gasteiger partial charge in [0.25, 0.3) is 0 Å². The van der Waals surface area contributed by atoms with Gasteiger partial charge in [0.05, 0.1) is 6.20 Å². The molecule has 0 amide bonds. The van der Waals surface area contributed by atoms with Gasteiger partial charge in [0.2, 0.25) is 0 Å². The van der Waals surface area contributed by atoms with Crippen LogP contribution in [0, 0.1) is 11.8 Å². The first-order valence-electron chi connectivity index (χ1n) is 4.49. The molecular weight excluding hydrogens is 190 g/mol. The normalized spacial score (nSPS) is 9.40. The summed E-state index contributed by atoms with van der Waals surface area (Å²) < 4.78 is 5.15. The number of aromatic nitrogens is 1. The monoisotopic (exact) mass is 199 g/mol. The predicted octanol–water partition coefficient (Wildman–Crippen LogP) is 1.69. The summed E-state index contributed by atoms with van der Waals surface area (Å²) >= 11 is 0. The molecule has 0 fully saturated rings. The Morgan fingerprint density at radius 3 is 2.67 bits per heavy atom. The van der Waals surface area contributed by atoms with Crippen LogP contribution in [0.4, 0.5) is 0 Å². The van der Waals surface area contributed by atoms with Crippen molar-refractivity contribution in [3.8, 4) is 23.2 Å². The van der Waals surface area contributed by atoms with Crippen molar-refractivity contribution < 1.29 is 9.52 Å². The molecule has 0 bridgehead atoms. The van der Waals surface area contributed by atoms with Gasteiger partial charge in [-0.2, -0.15) is 0 Å². The molecule has 1 N–H and O–H groups in total. The number of aliphatic hydroxyl groups excluding tert-OH is 1. The van der Waals surface area contributed by atoms with Crippen molar-refractivity contribution in [2.75, 3.05) is 6.61 Å². The number of hydrogen-bond donors (Lipinski definition) is 1. The minimum absolute atomic E-state index is 0.121. The lowest BCUT2D eigenvalue weighted by molar-refractivity contribution is 0.350. The maximum Gasteiger partial charge on any atom is 0.181 e. The number of nitrogens with zero attached hydrogens (tertiary/aromatic N) is 1. The highest BCUT2D eigenvalue weighted by atomic mass is 16.3. The fourth-order valence-electron chi connectivity index (χ4n) is 1.22. The molecule has 0 saturated carbocycles. The molecule has 15 heavy (non-hydrogen) atoms. The first-order valence-corrected chi connectivity index (χ1v) is 4.49. The van der Waals surface area contributed by atoms with E-state index in [4.69, 9.17) is 9.52 Å². The van der Waals surface area contributed by atoms with Crippen LogP contribution in [0.25, 0.3) is 11.3 Å². The molecule has 1 aromatic heterocycles. The van der Waals surface area contributed by atoms with Crippen molar-refractivity contribution >= 4 is 0 Å². The summed E-state index contributed by atoms with van der Waals surface area (Å²) in [5.74, 6) is 6.14.